The number of ether oxygens (including phenoxy) is 1. The van der Waals surface area contributed by atoms with Crippen molar-refractivity contribution in [1.82, 2.24) is 4.73 Å². The first-order chi connectivity index (χ1) is 14.8. The Labute approximate surface area is 176 Å². The minimum atomic E-state index is -1.65. The molecule has 0 radical (unpaired) electrons. The van der Waals surface area contributed by atoms with Gasteiger partial charge in [-0.3, -0.25) is 4.79 Å². The third-order valence-corrected chi connectivity index (χ3v) is 6.66. The molecule has 0 bridgehead atoms. The lowest BCUT2D eigenvalue weighted by Crippen LogP contribution is -2.44. The number of halogens is 2. The van der Waals surface area contributed by atoms with Crippen LogP contribution in [-0.4, -0.2) is 54.0 Å². The van der Waals surface area contributed by atoms with E-state index < -0.39 is 34.7 Å². The summed E-state index contributed by atoms with van der Waals surface area (Å²) < 4.78 is 36.3. The van der Waals surface area contributed by atoms with Crippen LogP contribution in [0.15, 0.2) is 23.1 Å². The zero-order valence-corrected chi connectivity index (χ0v) is 16.7. The molecule has 0 spiro atoms. The maximum Gasteiger partial charge on any atom is 0.341 e. The molecule has 1 aromatic heterocycles. The Morgan fingerprint density at radius 2 is 2.16 bits per heavy atom. The Kier molecular flexibility index (Phi) is 4.67. The summed E-state index contributed by atoms with van der Waals surface area (Å²) in [4.78, 5) is 31.3. The van der Waals surface area contributed by atoms with Crippen LogP contribution in [0, 0.1) is 17.7 Å². The average molecular weight is 435 g/mol. The van der Waals surface area contributed by atoms with E-state index in [9.17, 15) is 19.1 Å². The summed E-state index contributed by atoms with van der Waals surface area (Å²) >= 11 is 0. The molecule has 3 aliphatic rings. The van der Waals surface area contributed by atoms with Crippen LogP contribution in [0.4, 0.5) is 14.5 Å². The number of rotatable bonds is 6. The minimum absolute atomic E-state index is 0.106. The zero-order chi connectivity index (χ0) is 21.9. The van der Waals surface area contributed by atoms with Gasteiger partial charge in [0, 0.05) is 38.1 Å². The van der Waals surface area contributed by atoms with Crippen molar-refractivity contribution in [3.8, 4) is 0 Å². The van der Waals surface area contributed by atoms with Crippen LogP contribution in [0.2, 0.25) is 0 Å². The van der Waals surface area contributed by atoms with Gasteiger partial charge in [-0.1, -0.05) is 0 Å². The van der Waals surface area contributed by atoms with Crippen molar-refractivity contribution < 1.29 is 28.3 Å². The minimum Gasteiger partial charge on any atom is -0.477 e. The Bertz CT molecular complexity index is 1120. The molecule has 1 aliphatic carbocycles. The number of aromatic nitrogens is 1. The molecule has 3 unspecified atom stereocenters. The zero-order valence-electron chi connectivity index (χ0n) is 16.7. The summed E-state index contributed by atoms with van der Waals surface area (Å²) in [7, 11) is 0. The third kappa shape index (κ3) is 3.25. The summed E-state index contributed by atoms with van der Waals surface area (Å²) in [6.07, 6.45) is 1.46. The van der Waals surface area contributed by atoms with E-state index >= 15 is 4.39 Å². The first-order valence-corrected chi connectivity index (χ1v) is 10.4. The molecule has 1 saturated carbocycles. The normalized spacial score (nSPS) is 26.3. The smallest absolute Gasteiger partial charge is 0.341 e. The number of benzene rings is 1. The van der Waals surface area contributed by atoms with Gasteiger partial charge in [-0.05, 0) is 31.4 Å². The Morgan fingerprint density at radius 3 is 2.81 bits per heavy atom. The van der Waals surface area contributed by atoms with E-state index in [1.807, 2.05) is 0 Å². The van der Waals surface area contributed by atoms with E-state index in [0.29, 0.717) is 39.1 Å². The lowest BCUT2D eigenvalue weighted by atomic mass is 9.91. The SMILES string of the molecule is NCC12CN(c3cc4c(cc3F)c(=O)c(C(=O)O)cn4OC(F)C3CC3)CC1CCO2. The summed E-state index contributed by atoms with van der Waals surface area (Å²) in [5.74, 6) is -2.29. The van der Waals surface area contributed by atoms with Gasteiger partial charge < -0.3 is 25.3 Å². The Hall–Kier alpha value is -2.72. The topological polar surface area (TPSA) is 107 Å². The van der Waals surface area contributed by atoms with E-state index in [2.05, 4.69) is 0 Å². The van der Waals surface area contributed by atoms with Crippen LogP contribution >= 0.6 is 0 Å². The molecule has 10 heteroatoms. The molecule has 1 aromatic carbocycles. The van der Waals surface area contributed by atoms with Gasteiger partial charge in [0.05, 0.1) is 22.8 Å². The molecular weight excluding hydrogens is 412 g/mol. The van der Waals surface area contributed by atoms with Gasteiger partial charge in [0.1, 0.15) is 17.0 Å². The van der Waals surface area contributed by atoms with Gasteiger partial charge in [-0.2, -0.15) is 9.12 Å². The fraction of sp³-hybridized carbons (Fsp3) is 0.524. The van der Waals surface area contributed by atoms with E-state index in [1.165, 1.54) is 6.07 Å². The molecule has 2 aliphatic heterocycles. The second kappa shape index (κ2) is 7.16. The maximum absolute atomic E-state index is 15.1. The van der Waals surface area contributed by atoms with Crippen molar-refractivity contribution in [3.05, 3.63) is 39.9 Å². The number of alkyl halides is 1. The largest absolute Gasteiger partial charge is 0.477 e. The molecule has 3 atom stereocenters. The van der Waals surface area contributed by atoms with Crippen molar-refractivity contribution in [1.29, 1.82) is 0 Å². The maximum atomic E-state index is 15.1. The molecular formula is C21H23F2N3O5. The van der Waals surface area contributed by atoms with Crippen LogP contribution in [0.25, 0.3) is 10.9 Å². The Morgan fingerprint density at radius 1 is 1.39 bits per heavy atom. The van der Waals surface area contributed by atoms with Crippen LogP contribution in [-0.2, 0) is 4.74 Å². The predicted octanol–water partition coefficient (Wildman–Crippen LogP) is 1.53. The molecule has 5 rings (SSSR count). The number of carboxylic acids is 1. The van der Waals surface area contributed by atoms with Crippen LogP contribution in [0.5, 0.6) is 0 Å². The van der Waals surface area contributed by atoms with Crippen molar-refractivity contribution in [2.45, 2.75) is 31.2 Å². The van der Waals surface area contributed by atoms with E-state index in [4.69, 9.17) is 15.3 Å². The highest BCUT2D eigenvalue weighted by Gasteiger charge is 2.50. The Balaban J connectivity index is 1.61. The summed E-state index contributed by atoms with van der Waals surface area (Å²) in [5.41, 5.74) is 4.25. The highest BCUT2D eigenvalue weighted by Crippen LogP contribution is 2.41. The summed E-state index contributed by atoms with van der Waals surface area (Å²) in [6, 6.07) is 2.40. The highest BCUT2D eigenvalue weighted by molar-refractivity contribution is 5.93. The lowest BCUT2D eigenvalue weighted by Gasteiger charge is -2.27. The fourth-order valence-corrected chi connectivity index (χ4v) is 4.69. The van der Waals surface area contributed by atoms with Gasteiger partial charge in [-0.15, -0.1) is 0 Å². The van der Waals surface area contributed by atoms with Gasteiger partial charge in [0.2, 0.25) is 5.43 Å². The second-order valence-electron chi connectivity index (χ2n) is 8.60. The number of pyridine rings is 1. The van der Waals surface area contributed by atoms with Gasteiger partial charge >= 0.3 is 5.97 Å². The number of carboxylic acid groups (broad SMARTS) is 1. The molecule has 3 heterocycles. The number of hydrogen-bond acceptors (Lipinski definition) is 6. The third-order valence-electron chi connectivity index (χ3n) is 6.66. The molecule has 166 valence electrons. The molecule has 2 saturated heterocycles. The first-order valence-electron chi connectivity index (χ1n) is 10.4. The van der Waals surface area contributed by atoms with Crippen LogP contribution in [0.1, 0.15) is 29.6 Å². The summed E-state index contributed by atoms with van der Waals surface area (Å²) in [6.45, 7) is 1.85. The fourth-order valence-electron chi connectivity index (χ4n) is 4.69. The van der Waals surface area contributed by atoms with E-state index in [0.717, 1.165) is 23.4 Å². The van der Waals surface area contributed by atoms with Crippen LogP contribution in [0.3, 0.4) is 0 Å². The van der Waals surface area contributed by atoms with E-state index in [1.54, 1.807) is 4.90 Å². The van der Waals surface area contributed by atoms with Gasteiger partial charge in [0.25, 0.3) is 6.36 Å². The number of nitrogens with zero attached hydrogens (tertiary/aromatic N) is 2. The van der Waals surface area contributed by atoms with Crippen LogP contribution < -0.4 is 20.9 Å². The van der Waals surface area contributed by atoms with Gasteiger partial charge in [0.15, 0.2) is 0 Å². The number of carbonyl (C=O) groups is 1. The molecule has 31 heavy (non-hydrogen) atoms. The molecule has 3 N–H and O–H groups in total. The molecule has 3 fully saturated rings. The number of hydrogen-bond donors (Lipinski definition) is 2. The van der Waals surface area contributed by atoms with Gasteiger partial charge in [-0.25, -0.2) is 9.18 Å². The van der Waals surface area contributed by atoms with Crippen molar-refractivity contribution >= 4 is 22.6 Å². The monoisotopic (exact) mass is 435 g/mol. The predicted molar refractivity (Wildman–Crippen MR) is 107 cm³/mol. The number of fused-ring (bicyclic) bond motifs is 2. The summed E-state index contributed by atoms with van der Waals surface area (Å²) in [5, 5.41) is 9.17. The second-order valence-corrected chi connectivity index (χ2v) is 8.60. The standard InChI is InChI=1S/C21H23F2N3O5/c22-15-5-13-16(6-17(15)25-7-12-3-4-30-21(12,9-24)10-25)26(31-19(23)11-1-2-11)8-14(18(13)27)20(28)29/h5-6,8,11-12,19H,1-4,7,9-10,24H2,(H,28,29). The average Bonchev–Trinajstić information content (AvgIpc) is 3.42. The van der Waals surface area contributed by atoms with Crippen molar-refractivity contribution in [2.75, 3.05) is 31.1 Å². The first kappa shape index (κ1) is 20.2. The number of nitrogens with two attached hydrogens (primary N) is 1. The molecule has 0 amide bonds. The highest BCUT2D eigenvalue weighted by atomic mass is 19.1. The molecule has 2 aromatic rings. The molecule has 8 nitrogen and oxygen atoms in total. The van der Waals surface area contributed by atoms with Crippen molar-refractivity contribution in [2.24, 2.45) is 17.6 Å². The lowest BCUT2D eigenvalue weighted by molar-refractivity contribution is -0.0564. The van der Waals surface area contributed by atoms with E-state index in [-0.39, 0.29) is 28.4 Å². The number of aromatic carboxylic acids is 1. The van der Waals surface area contributed by atoms with Crippen molar-refractivity contribution in [3.63, 3.8) is 0 Å². The quantitative estimate of drug-likeness (QED) is 0.709. The number of anilines is 1.